The molecule has 2 rings (SSSR count). The lowest BCUT2D eigenvalue weighted by Gasteiger charge is -2.10. The second-order valence-electron chi connectivity index (χ2n) is 4.23. The summed E-state index contributed by atoms with van der Waals surface area (Å²) in [5, 5.41) is 14.4. The standard InChI is InChI=1S/C14H13ClN2O3/c1-9-5-10(15)3-4-14(9)20-13-7-11(16-2)6-12(8-13)17(18)19/h3-8,16H,1-2H3. The molecule has 2 aromatic rings. The molecule has 0 spiro atoms. The highest BCUT2D eigenvalue weighted by atomic mass is 35.5. The molecule has 0 unspecified atom stereocenters. The number of halogens is 1. The summed E-state index contributed by atoms with van der Waals surface area (Å²) < 4.78 is 5.69. The van der Waals surface area contributed by atoms with E-state index >= 15 is 0 Å². The number of aryl methyl sites for hydroxylation is 1. The maximum Gasteiger partial charge on any atom is 0.275 e. The number of rotatable bonds is 4. The first-order valence-corrected chi connectivity index (χ1v) is 6.28. The summed E-state index contributed by atoms with van der Waals surface area (Å²) in [6.45, 7) is 1.86. The van der Waals surface area contributed by atoms with Crippen molar-refractivity contribution in [2.75, 3.05) is 12.4 Å². The topological polar surface area (TPSA) is 64.4 Å². The van der Waals surface area contributed by atoms with Gasteiger partial charge < -0.3 is 10.1 Å². The number of nitro benzene ring substituents is 1. The maximum absolute atomic E-state index is 10.9. The van der Waals surface area contributed by atoms with Gasteiger partial charge in [0.15, 0.2) is 0 Å². The van der Waals surface area contributed by atoms with Gasteiger partial charge in [-0.3, -0.25) is 10.1 Å². The molecule has 0 saturated carbocycles. The van der Waals surface area contributed by atoms with Gasteiger partial charge >= 0.3 is 0 Å². The number of nitro groups is 1. The fraction of sp³-hybridized carbons (Fsp3) is 0.143. The molecule has 2 aromatic carbocycles. The van der Waals surface area contributed by atoms with E-state index in [1.807, 2.05) is 6.92 Å². The van der Waals surface area contributed by atoms with Gasteiger partial charge in [0.25, 0.3) is 5.69 Å². The molecular formula is C14H13ClN2O3. The van der Waals surface area contributed by atoms with Crippen molar-refractivity contribution in [2.45, 2.75) is 6.92 Å². The van der Waals surface area contributed by atoms with Crippen LogP contribution in [0.2, 0.25) is 5.02 Å². The molecule has 104 valence electrons. The molecule has 0 amide bonds. The number of benzene rings is 2. The van der Waals surface area contributed by atoms with Crippen molar-refractivity contribution < 1.29 is 9.66 Å². The van der Waals surface area contributed by atoms with Crippen molar-refractivity contribution in [3.05, 3.63) is 57.1 Å². The van der Waals surface area contributed by atoms with Gasteiger partial charge in [0, 0.05) is 29.9 Å². The Bertz CT molecular complexity index is 659. The zero-order chi connectivity index (χ0) is 14.7. The third-order valence-electron chi connectivity index (χ3n) is 2.76. The maximum atomic E-state index is 10.9. The van der Waals surface area contributed by atoms with Crippen LogP contribution in [-0.2, 0) is 0 Å². The summed E-state index contributed by atoms with van der Waals surface area (Å²) in [5.74, 6) is 1.01. The summed E-state index contributed by atoms with van der Waals surface area (Å²) in [4.78, 5) is 10.4. The van der Waals surface area contributed by atoms with Gasteiger partial charge in [-0.25, -0.2) is 0 Å². The van der Waals surface area contributed by atoms with Gasteiger partial charge in [-0.05, 0) is 30.7 Å². The molecule has 0 radical (unpaired) electrons. The monoisotopic (exact) mass is 292 g/mol. The van der Waals surface area contributed by atoms with Gasteiger partial charge in [-0.15, -0.1) is 0 Å². The Morgan fingerprint density at radius 1 is 1.25 bits per heavy atom. The second-order valence-corrected chi connectivity index (χ2v) is 4.67. The Labute approximate surface area is 121 Å². The van der Waals surface area contributed by atoms with Crippen molar-refractivity contribution in [2.24, 2.45) is 0 Å². The summed E-state index contributed by atoms with van der Waals surface area (Å²) in [5.41, 5.74) is 1.44. The van der Waals surface area contributed by atoms with E-state index in [1.165, 1.54) is 12.1 Å². The first-order valence-electron chi connectivity index (χ1n) is 5.91. The Morgan fingerprint density at radius 2 is 2.00 bits per heavy atom. The Balaban J connectivity index is 2.37. The third-order valence-corrected chi connectivity index (χ3v) is 2.99. The van der Waals surface area contributed by atoms with Crippen LogP contribution in [0, 0.1) is 17.0 Å². The van der Waals surface area contributed by atoms with Crippen LogP contribution in [0.5, 0.6) is 11.5 Å². The molecule has 0 fully saturated rings. The average Bonchev–Trinajstić information content (AvgIpc) is 2.41. The van der Waals surface area contributed by atoms with E-state index in [4.69, 9.17) is 16.3 Å². The molecule has 0 aliphatic rings. The molecule has 0 aromatic heterocycles. The number of hydrogen-bond acceptors (Lipinski definition) is 4. The predicted molar refractivity (Wildman–Crippen MR) is 78.9 cm³/mol. The summed E-state index contributed by atoms with van der Waals surface area (Å²) >= 11 is 5.88. The highest BCUT2D eigenvalue weighted by Crippen LogP contribution is 2.31. The van der Waals surface area contributed by atoms with Gasteiger partial charge in [0.1, 0.15) is 11.5 Å². The van der Waals surface area contributed by atoms with E-state index in [0.717, 1.165) is 5.56 Å². The van der Waals surface area contributed by atoms with Crippen molar-refractivity contribution >= 4 is 23.0 Å². The number of nitrogens with one attached hydrogen (secondary N) is 1. The van der Waals surface area contributed by atoms with Crippen LogP contribution in [-0.4, -0.2) is 12.0 Å². The van der Waals surface area contributed by atoms with Gasteiger partial charge in [0.2, 0.25) is 0 Å². The lowest BCUT2D eigenvalue weighted by molar-refractivity contribution is -0.384. The number of non-ortho nitro benzene ring substituents is 1. The van der Waals surface area contributed by atoms with Crippen LogP contribution >= 0.6 is 11.6 Å². The Kier molecular flexibility index (Phi) is 4.10. The predicted octanol–water partition coefficient (Wildman–Crippen LogP) is 4.39. The van der Waals surface area contributed by atoms with Gasteiger partial charge in [-0.1, -0.05) is 11.6 Å². The zero-order valence-corrected chi connectivity index (χ0v) is 11.8. The Morgan fingerprint density at radius 3 is 2.60 bits per heavy atom. The molecule has 1 N–H and O–H groups in total. The molecule has 0 saturated heterocycles. The first kappa shape index (κ1) is 14.1. The molecule has 0 aliphatic heterocycles. The van der Waals surface area contributed by atoms with Gasteiger partial charge in [-0.2, -0.15) is 0 Å². The van der Waals surface area contributed by atoms with E-state index < -0.39 is 4.92 Å². The van der Waals surface area contributed by atoms with Crippen molar-refractivity contribution in [1.82, 2.24) is 0 Å². The quantitative estimate of drug-likeness (QED) is 0.670. The fourth-order valence-corrected chi connectivity index (χ4v) is 1.97. The molecular weight excluding hydrogens is 280 g/mol. The summed E-state index contributed by atoms with van der Waals surface area (Å²) in [6, 6.07) is 9.74. The van der Waals surface area contributed by atoms with Crippen LogP contribution in [0.3, 0.4) is 0 Å². The van der Waals surface area contributed by atoms with Crippen LogP contribution in [0.1, 0.15) is 5.56 Å². The molecule has 0 heterocycles. The number of anilines is 1. The van der Waals surface area contributed by atoms with E-state index in [9.17, 15) is 10.1 Å². The third kappa shape index (κ3) is 3.19. The summed E-state index contributed by atoms with van der Waals surface area (Å²) in [6.07, 6.45) is 0. The molecule has 0 bridgehead atoms. The minimum absolute atomic E-state index is 0.0292. The number of hydrogen-bond donors (Lipinski definition) is 1. The lowest BCUT2D eigenvalue weighted by atomic mass is 10.2. The molecule has 0 atom stereocenters. The normalized spacial score (nSPS) is 10.2. The number of ether oxygens (including phenoxy) is 1. The average molecular weight is 293 g/mol. The first-order chi connectivity index (χ1) is 9.49. The minimum Gasteiger partial charge on any atom is -0.457 e. The highest BCUT2D eigenvalue weighted by Gasteiger charge is 2.11. The van der Waals surface area contributed by atoms with E-state index in [-0.39, 0.29) is 5.69 Å². The lowest BCUT2D eigenvalue weighted by Crippen LogP contribution is -1.95. The van der Waals surface area contributed by atoms with Crippen molar-refractivity contribution in [3.8, 4) is 11.5 Å². The number of nitrogens with zero attached hydrogens (tertiary/aromatic N) is 1. The van der Waals surface area contributed by atoms with Gasteiger partial charge in [0.05, 0.1) is 11.0 Å². The molecule has 6 heteroatoms. The highest BCUT2D eigenvalue weighted by molar-refractivity contribution is 6.30. The van der Waals surface area contributed by atoms with E-state index in [1.54, 1.807) is 31.3 Å². The smallest absolute Gasteiger partial charge is 0.275 e. The van der Waals surface area contributed by atoms with Crippen molar-refractivity contribution in [3.63, 3.8) is 0 Å². The Hall–Kier alpha value is -2.27. The largest absolute Gasteiger partial charge is 0.457 e. The van der Waals surface area contributed by atoms with Crippen LogP contribution in [0.15, 0.2) is 36.4 Å². The van der Waals surface area contributed by atoms with Crippen LogP contribution < -0.4 is 10.1 Å². The summed E-state index contributed by atoms with van der Waals surface area (Å²) in [7, 11) is 1.69. The molecule has 0 aliphatic carbocycles. The second kappa shape index (κ2) is 5.79. The SMILES string of the molecule is CNc1cc(Oc2ccc(Cl)cc2C)cc([N+](=O)[O-])c1. The van der Waals surface area contributed by atoms with E-state index in [0.29, 0.717) is 22.2 Å². The fourth-order valence-electron chi connectivity index (χ4n) is 1.75. The van der Waals surface area contributed by atoms with Crippen LogP contribution in [0.4, 0.5) is 11.4 Å². The molecule has 5 nitrogen and oxygen atoms in total. The van der Waals surface area contributed by atoms with Crippen molar-refractivity contribution in [1.29, 1.82) is 0 Å². The van der Waals surface area contributed by atoms with Crippen LogP contribution in [0.25, 0.3) is 0 Å². The zero-order valence-electron chi connectivity index (χ0n) is 11.0. The minimum atomic E-state index is -0.456. The molecule has 20 heavy (non-hydrogen) atoms. The van der Waals surface area contributed by atoms with E-state index in [2.05, 4.69) is 5.32 Å².